The van der Waals surface area contributed by atoms with Crippen molar-refractivity contribution in [2.75, 3.05) is 14.2 Å². The van der Waals surface area contributed by atoms with E-state index in [2.05, 4.69) is 10.6 Å². The summed E-state index contributed by atoms with van der Waals surface area (Å²) in [6.45, 7) is 6.25. The van der Waals surface area contributed by atoms with Gasteiger partial charge in [0.05, 0.1) is 20.3 Å². The molecule has 0 saturated carbocycles. The summed E-state index contributed by atoms with van der Waals surface area (Å²) in [6, 6.07) is 5.47. The summed E-state index contributed by atoms with van der Waals surface area (Å²) in [7, 11) is 3.25. The average molecular weight is 280 g/mol. The van der Waals surface area contributed by atoms with Crippen molar-refractivity contribution in [2.45, 2.75) is 39.4 Å². The molecule has 0 radical (unpaired) electrons. The van der Waals surface area contributed by atoms with Crippen LogP contribution < -0.4 is 20.1 Å². The third-order valence-electron chi connectivity index (χ3n) is 2.91. The maximum Gasteiger partial charge on any atom is 0.237 e. The molecule has 0 saturated heterocycles. The van der Waals surface area contributed by atoms with Crippen LogP contribution in [-0.2, 0) is 11.3 Å². The highest BCUT2D eigenvalue weighted by atomic mass is 16.5. The van der Waals surface area contributed by atoms with Gasteiger partial charge in [-0.2, -0.15) is 0 Å². The molecule has 0 fully saturated rings. The molecule has 5 nitrogen and oxygen atoms in total. The van der Waals surface area contributed by atoms with Gasteiger partial charge in [0.2, 0.25) is 5.91 Å². The van der Waals surface area contributed by atoms with Gasteiger partial charge in [-0.15, -0.1) is 0 Å². The third kappa shape index (κ3) is 4.74. The lowest BCUT2D eigenvalue weighted by Crippen LogP contribution is -2.44. The standard InChI is InChI=1S/C15H24N2O3/c1-10(2)17-15(18)11(3)16-9-12-8-13(19-4)6-7-14(12)20-5/h6-8,10-11,16H,9H2,1-5H3,(H,17,18). The smallest absolute Gasteiger partial charge is 0.237 e. The van der Waals surface area contributed by atoms with Crippen LogP contribution in [0.25, 0.3) is 0 Å². The van der Waals surface area contributed by atoms with Crippen LogP contribution in [0.1, 0.15) is 26.3 Å². The van der Waals surface area contributed by atoms with Gasteiger partial charge >= 0.3 is 0 Å². The van der Waals surface area contributed by atoms with Crippen LogP contribution in [0.5, 0.6) is 11.5 Å². The second kappa shape index (κ2) is 7.75. The first-order chi connectivity index (χ1) is 9.47. The molecule has 5 heteroatoms. The number of carbonyl (C=O) groups excluding carboxylic acids is 1. The maximum atomic E-state index is 11.8. The van der Waals surface area contributed by atoms with Gasteiger partial charge in [0, 0.05) is 18.2 Å². The number of methoxy groups -OCH3 is 2. The molecule has 1 aromatic rings. The van der Waals surface area contributed by atoms with Crippen molar-refractivity contribution in [1.29, 1.82) is 0 Å². The van der Waals surface area contributed by atoms with Crippen LogP contribution in [0.3, 0.4) is 0 Å². The quantitative estimate of drug-likeness (QED) is 0.798. The summed E-state index contributed by atoms with van der Waals surface area (Å²) in [4.78, 5) is 11.8. The largest absolute Gasteiger partial charge is 0.497 e. The molecular weight excluding hydrogens is 256 g/mol. The Balaban J connectivity index is 2.66. The molecule has 0 aliphatic carbocycles. The minimum absolute atomic E-state index is 0.0122. The van der Waals surface area contributed by atoms with E-state index in [9.17, 15) is 4.79 Å². The van der Waals surface area contributed by atoms with Gasteiger partial charge in [0.15, 0.2) is 0 Å². The lowest BCUT2D eigenvalue weighted by Gasteiger charge is -2.17. The highest BCUT2D eigenvalue weighted by Crippen LogP contribution is 2.23. The third-order valence-corrected chi connectivity index (χ3v) is 2.91. The first-order valence-electron chi connectivity index (χ1n) is 6.72. The number of nitrogens with one attached hydrogen (secondary N) is 2. The minimum Gasteiger partial charge on any atom is -0.497 e. The molecule has 2 N–H and O–H groups in total. The fraction of sp³-hybridized carbons (Fsp3) is 0.533. The lowest BCUT2D eigenvalue weighted by molar-refractivity contribution is -0.123. The zero-order valence-electron chi connectivity index (χ0n) is 12.8. The minimum atomic E-state index is -0.270. The van der Waals surface area contributed by atoms with Gasteiger partial charge < -0.3 is 20.1 Å². The predicted octanol–water partition coefficient (Wildman–Crippen LogP) is 1.71. The summed E-state index contributed by atoms with van der Waals surface area (Å²) < 4.78 is 10.5. The number of benzene rings is 1. The molecule has 20 heavy (non-hydrogen) atoms. The first kappa shape index (κ1) is 16.3. The van der Waals surface area contributed by atoms with E-state index in [1.807, 2.05) is 39.0 Å². The van der Waals surface area contributed by atoms with Crippen LogP contribution in [0.15, 0.2) is 18.2 Å². The normalized spacial score (nSPS) is 12.1. The highest BCUT2D eigenvalue weighted by molar-refractivity contribution is 5.81. The SMILES string of the molecule is COc1ccc(OC)c(CNC(C)C(=O)NC(C)C)c1. The van der Waals surface area contributed by atoms with Crippen molar-refractivity contribution in [3.8, 4) is 11.5 Å². The molecule has 0 heterocycles. The van der Waals surface area contributed by atoms with E-state index in [1.54, 1.807) is 14.2 Å². The van der Waals surface area contributed by atoms with Crippen LogP contribution in [-0.4, -0.2) is 32.2 Å². The van der Waals surface area contributed by atoms with Crippen LogP contribution in [0.4, 0.5) is 0 Å². The Labute approximate surface area is 120 Å². The van der Waals surface area contributed by atoms with E-state index in [0.29, 0.717) is 6.54 Å². The monoisotopic (exact) mass is 280 g/mol. The van der Waals surface area contributed by atoms with E-state index < -0.39 is 0 Å². The Bertz CT molecular complexity index is 447. The van der Waals surface area contributed by atoms with E-state index in [4.69, 9.17) is 9.47 Å². The molecule has 1 amide bonds. The van der Waals surface area contributed by atoms with Gasteiger partial charge in [0.25, 0.3) is 0 Å². The molecule has 0 aliphatic heterocycles. The first-order valence-corrected chi connectivity index (χ1v) is 6.72. The van der Waals surface area contributed by atoms with Gasteiger partial charge in [-0.3, -0.25) is 4.79 Å². The number of amides is 1. The Morgan fingerprint density at radius 2 is 1.90 bits per heavy atom. The number of carbonyl (C=O) groups is 1. The Morgan fingerprint density at radius 3 is 2.45 bits per heavy atom. The maximum absolute atomic E-state index is 11.8. The second-order valence-corrected chi connectivity index (χ2v) is 4.94. The Hall–Kier alpha value is -1.75. The molecule has 0 bridgehead atoms. The van der Waals surface area contributed by atoms with Crippen molar-refractivity contribution in [2.24, 2.45) is 0 Å². The Kier molecular flexibility index (Phi) is 6.31. The van der Waals surface area contributed by atoms with Crippen molar-refractivity contribution in [1.82, 2.24) is 10.6 Å². The van der Waals surface area contributed by atoms with Gasteiger partial charge in [-0.05, 0) is 39.0 Å². The molecule has 1 unspecified atom stereocenters. The fourth-order valence-corrected chi connectivity index (χ4v) is 1.79. The van der Waals surface area contributed by atoms with E-state index >= 15 is 0 Å². The number of ether oxygens (including phenoxy) is 2. The molecule has 0 aromatic heterocycles. The summed E-state index contributed by atoms with van der Waals surface area (Å²) in [5.74, 6) is 1.53. The van der Waals surface area contributed by atoms with Gasteiger partial charge in [0.1, 0.15) is 11.5 Å². The Morgan fingerprint density at radius 1 is 1.20 bits per heavy atom. The molecule has 0 spiro atoms. The molecule has 112 valence electrons. The zero-order chi connectivity index (χ0) is 15.1. The predicted molar refractivity (Wildman–Crippen MR) is 79.1 cm³/mol. The molecule has 0 aliphatic rings. The van der Waals surface area contributed by atoms with Crippen molar-refractivity contribution in [3.63, 3.8) is 0 Å². The molecular formula is C15H24N2O3. The van der Waals surface area contributed by atoms with Crippen molar-refractivity contribution >= 4 is 5.91 Å². The van der Waals surface area contributed by atoms with E-state index in [-0.39, 0.29) is 18.0 Å². The number of hydrogen-bond donors (Lipinski definition) is 2. The number of rotatable bonds is 7. The van der Waals surface area contributed by atoms with Crippen LogP contribution in [0, 0.1) is 0 Å². The summed E-state index contributed by atoms with van der Waals surface area (Å²) >= 11 is 0. The lowest BCUT2D eigenvalue weighted by atomic mass is 10.1. The summed E-state index contributed by atoms with van der Waals surface area (Å²) in [5.41, 5.74) is 0.955. The van der Waals surface area contributed by atoms with E-state index in [1.165, 1.54) is 0 Å². The molecule has 1 atom stereocenters. The second-order valence-electron chi connectivity index (χ2n) is 4.94. The van der Waals surface area contributed by atoms with Gasteiger partial charge in [-0.1, -0.05) is 0 Å². The fourth-order valence-electron chi connectivity index (χ4n) is 1.79. The van der Waals surface area contributed by atoms with Gasteiger partial charge in [-0.25, -0.2) is 0 Å². The molecule has 1 aromatic carbocycles. The van der Waals surface area contributed by atoms with E-state index in [0.717, 1.165) is 17.1 Å². The molecule has 1 rings (SSSR count). The summed E-state index contributed by atoms with van der Waals surface area (Å²) in [6.07, 6.45) is 0. The average Bonchev–Trinajstić information content (AvgIpc) is 2.43. The summed E-state index contributed by atoms with van der Waals surface area (Å²) in [5, 5.41) is 6.06. The topological polar surface area (TPSA) is 59.6 Å². The highest BCUT2D eigenvalue weighted by Gasteiger charge is 2.14. The van der Waals surface area contributed by atoms with Crippen LogP contribution >= 0.6 is 0 Å². The zero-order valence-corrected chi connectivity index (χ0v) is 12.8. The van der Waals surface area contributed by atoms with Crippen molar-refractivity contribution < 1.29 is 14.3 Å². The van der Waals surface area contributed by atoms with Crippen molar-refractivity contribution in [3.05, 3.63) is 23.8 Å². The van der Waals surface area contributed by atoms with Crippen LogP contribution in [0.2, 0.25) is 0 Å². The number of hydrogen-bond acceptors (Lipinski definition) is 4.